The molecule has 1 N–H and O–H groups in total. The van der Waals surface area contributed by atoms with Crippen molar-refractivity contribution >= 4 is 11.9 Å². The number of carbonyl (C=O) groups excluding carboxylic acids is 2. The quantitative estimate of drug-likeness (QED) is 0.724. The van der Waals surface area contributed by atoms with Crippen LogP contribution >= 0.6 is 0 Å². The zero-order chi connectivity index (χ0) is 18.8. The Hall–Kier alpha value is -1.88. The molecule has 0 radical (unpaired) electrons. The van der Waals surface area contributed by atoms with Crippen LogP contribution < -0.4 is 5.32 Å². The first-order chi connectivity index (χ1) is 12.6. The second kappa shape index (κ2) is 11.0. The van der Waals surface area contributed by atoms with Crippen molar-refractivity contribution in [3.05, 3.63) is 35.9 Å². The number of likely N-dealkylation sites (tertiary alicyclic amines) is 1. The second-order valence-corrected chi connectivity index (χ2v) is 7.01. The van der Waals surface area contributed by atoms with Gasteiger partial charge in [0.15, 0.2) is 0 Å². The summed E-state index contributed by atoms with van der Waals surface area (Å²) in [6.07, 6.45) is 5.35. The fraction of sp³-hybridized carbons (Fsp3) is 0.619. The molecular weight excluding hydrogens is 328 g/mol. The summed E-state index contributed by atoms with van der Waals surface area (Å²) in [7, 11) is 0. The summed E-state index contributed by atoms with van der Waals surface area (Å²) < 4.78 is 5.20. The number of carbonyl (C=O) groups is 2. The minimum absolute atomic E-state index is 0.00531. The molecule has 2 unspecified atom stereocenters. The second-order valence-electron chi connectivity index (χ2n) is 7.01. The molecule has 1 aromatic carbocycles. The first-order valence-corrected chi connectivity index (χ1v) is 9.84. The summed E-state index contributed by atoms with van der Waals surface area (Å²) in [5, 5.41) is 2.98. The van der Waals surface area contributed by atoms with Crippen molar-refractivity contribution < 1.29 is 14.3 Å². The third-order valence-electron chi connectivity index (χ3n) is 5.04. The normalized spacial score (nSPS) is 17.8. The Morgan fingerprint density at radius 1 is 1.12 bits per heavy atom. The number of esters is 1. The van der Waals surface area contributed by atoms with Gasteiger partial charge in [-0.15, -0.1) is 0 Å². The molecule has 0 spiro atoms. The average Bonchev–Trinajstić information content (AvgIpc) is 2.94. The minimum Gasteiger partial charge on any atom is -0.466 e. The smallest absolute Gasteiger partial charge is 0.311 e. The molecule has 1 saturated heterocycles. The average molecular weight is 360 g/mol. The van der Waals surface area contributed by atoms with Crippen LogP contribution in [0, 0.1) is 5.92 Å². The first kappa shape index (κ1) is 20.4. The van der Waals surface area contributed by atoms with Crippen molar-refractivity contribution in [2.45, 2.75) is 52.0 Å². The molecule has 144 valence electrons. The number of nitrogens with zero attached hydrogens (tertiary/aromatic N) is 1. The van der Waals surface area contributed by atoms with E-state index in [1.165, 1.54) is 12.8 Å². The summed E-state index contributed by atoms with van der Waals surface area (Å²) in [6.45, 7) is 6.36. The number of rotatable bonds is 8. The van der Waals surface area contributed by atoms with Gasteiger partial charge in [0.1, 0.15) is 0 Å². The molecule has 2 rings (SSSR count). The van der Waals surface area contributed by atoms with Gasteiger partial charge < -0.3 is 10.1 Å². The fourth-order valence-corrected chi connectivity index (χ4v) is 3.42. The van der Waals surface area contributed by atoms with E-state index in [9.17, 15) is 9.59 Å². The van der Waals surface area contributed by atoms with Gasteiger partial charge in [-0.1, -0.05) is 43.2 Å². The molecule has 5 nitrogen and oxygen atoms in total. The highest BCUT2D eigenvalue weighted by atomic mass is 16.5. The van der Waals surface area contributed by atoms with Crippen molar-refractivity contribution in [1.82, 2.24) is 10.2 Å². The van der Waals surface area contributed by atoms with Gasteiger partial charge >= 0.3 is 5.97 Å². The Kier molecular flexibility index (Phi) is 8.62. The van der Waals surface area contributed by atoms with Crippen LogP contribution in [0.4, 0.5) is 0 Å². The molecule has 0 aliphatic carbocycles. The van der Waals surface area contributed by atoms with Crippen LogP contribution in [0.25, 0.3) is 0 Å². The summed E-state index contributed by atoms with van der Waals surface area (Å²) in [4.78, 5) is 27.1. The predicted octanol–water partition coefficient (Wildman–Crippen LogP) is 2.79. The van der Waals surface area contributed by atoms with E-state index in [0.29, 0.717) is 19.6 Å². The van der Waals surface area contributed by atoms with Crippen molar-refractivity contribution in [2.24, 2.45) is 5.92 Å². The highest BCUT2D eigenvalue weighted by Gasteiger charge is 2.25. The molecular formula is C21H32N2O3. The summed E-state index contributed by atoms with van der Waals surface area (Å²) in [5.41, 5.74) is 1.07. The van der Waals surface area contributed by atoms with Crippen LogP contribution in [-0.2, 0) is 20.7 Å². The summed E-state index contributed by atoms with van der Waals surface area (Å²) in [5.74, 6) is -0.619. The Labute approximate surface area is 157 Å². The van der Waals surface area contributed by atoms with Gasteiger partial charge in [-0.05, 0) is 51.8 Å². The molecule has 5 heteroatoms. The Morgan fingerprint density at radius 2 is 1.77 bits per heavy atom. The molecule has 0 saturated carbocycles. The van der Waals surface area contributed by atoms with Crippen molar-refractivity contribution in [3.63, 3.8) is 0 Å². The standard InChI is InChI=1S/C21H32N2O3/c1-3-26-21(25)19(15-18-11-7-6-8-12-18)16-22-20(24)17(2)23-13-9-4-5-10-14-23/h6-8,11-12,17,19H,3-5,9-10,13-16H2,1-2H3,(H,22,24). The van der Waals surface area contributed by atoms with E-state index >= 15 is 0 Å². The molecule has 1 heterocycles. The number of ether oxygens (including phenoxy) is 1. The molecule has 1 fully saturated rings. The highest BCUT2D eigenvalue weighted by molar-refractivity contribution is 5.82. The number of amides is 1. The maximum atomic E-state index is 12.6. The van der Waals surface area contributed by atoms with Gasteiger partial charge in [0.25, 0.3) is 0 Å². The molecule has 0 bridgehead atoms. The molecule has 1 aliphatic heterocycles. The van der Waals surface area contributed by atoms with Gasteiger partial charge in [0.2, 0.25) is 5.91 Å². The summed E-state index contributed by atoms with van der Waals surface area (Å²) >= 11 is 0. The predicted molar refractivity (Wildman–Crippen MR) is 103 cm³/mol. The van der Waals surface area contributed by atoms with E-state index in [0.717, 1.165) is 31.5 Å². The lowest BCUT2D eigenvalue weighted by atomic mass is 9.99. The van der Waals surface area contributed by atoms with E-state index in [1.54, 1.807) is 6.92 Å². The molecule has 1 amide bonds. The third kappa shape index (κ3) is 6.45. The molecule has 26 heavy (non-hydrogen) atoms. The van der Waals surface area contributed by atoms with Gasteiger partial charge in [-0.25, -0.2) is 0 Å². The first-order valence-electron chi connectivity index (χ1n) is 9.84. The Balaban J connectivity index is 1.91. The van der Waals surface area contributed by atoms with Crippen LogP contribution in [0.5, 0.6) is 0 Å². The largest absolute Gasteiger partial charge is 0.466 e. The lowest BCUT2D eigenvalue weighted by molar-refractivity contribution is -0.148. The Bertz CT molecular complexity index is 554. The van der Waals surface area contributed by atoms with Gasteiger partial charge in [0, 0.05) is 6.54 Å². The van der Waals surface area contributed by atoms with Crippen molar-refractivity contribution in [2.75, 3.05) is 26.2 Å². The van der Waals surface area contributed by atoms with Crippen LogP contribution in [0.3, 0.4) is 0 Å². The maximum Gasteiger partial charge on any atom is 0.311 e. The number of nitrogens with one attached hydrogen (secondary N) is 1. The zero-order valence-electron chi connectivity index (χ0n) is 16.1. The van der Waals surface area contributed by atoms with Crippen LogP contribution in [0.1, 0.15) is 45.1 Å². The molecule has 1 aromatic rings. The number of hydrogen-bond acceptors (Lipinski definition) is 4. The van der Waals surface area contributed by atoms with E-state index in [4.69, 9.17) is 4.74 Å². The van der Waals surface area contributed by atoms with Crippen LogP contribution in [0.2, 0.25) is 0 Å². The third-order valence-corrected chi connectivity index (χ3v) is 5.04. The number of hydrogen-bond donors (Lipinski definition) is 1. The van der Waals surface area contributed by atoms with E-state index in [2.05, 4.69) is 10.2 Å². The lowest BCUT2D eigenvalue weighted by Crippen LogP contribution is -2.47. The minimum atomic E-state index is -0.363. The van der Waals surface area contributed by atoms with Gasteiger partial charge in [-0.3, -0.25) is 14.5 Å². The molecule has 0 aromatic heterocycles. The van der Waals surface area contributed by atoms with E-state index in [-0.39, 0.29) is 23.8 Å². The lowest BCUT2D eigenvalue weighted by Gasteiger charge is -2.27. The maximum absolute atomic E-state index is 12.6. The highest BCUT2D eigenvalue weighted by Crippen LogP contribution is 2.13. The topological polar surface area (TPSA) is 58.6 Å². The zero-order valence-corrected chi connectivity index (χ0v) is 16.1. The van der Waals surface area contributed by atoms with E-state index < -0.39 is 0 Å². The monoisotopic (exact) mass is 360 g/mol. The summed E-state index contributed by atoms with van der Waals surface area (Å²) in [6, 6.07) is 9.69. The van der Waals surface area contributed by atoms with Gasteiger partial charge in [-0.2, -0.15) is 0 Å². The van der Waals surface area contributed by atoms with E-state index in [1.807, 2.05) is 37.3 Å². The van der Waals surface area contributed by atoms with Gasteiger partial charge in [0.05, 0.1) is 18.6 Å². The van der Waals surface area contributed by atoms with Crippen LogP contribution in [0.15, 0.2) is 30.3 Å². The number of benzene rings is 1. The Morgan fingerprint density at radius 3 is 2.38 bits per heavy atom. The fourth-order valence-electron chi connectivity index (χ4n) is 3.42. The molecule has 2 atom stereocenters. The SMILES string of the molecule is CCOC(=O)C(CNC(=O)C(C)N1CCCCCC1)Cc1ccccc1. The van der Waals surface area contributed by atoms with Crippen molar-refractivity contribution in [3.8, 4) is 0 Å². The van der Waals surface area contributed by atoms with Crippen molar-refractivity contribution in [1.29, 1.82) is 0 Å². The molecule has 1 aliphatic rings. The van der Waals surface area contributed by atoms with Crippen LogP contribution in [-0.4, -0.2) is 49.1 Å².